The molecule has 5 rings (SSSR count). The molecule has 8 N–H and O–H groups in total. The first-order chi connectivity index (χ1) is 21.9. The van der Waals surface area contributed by atoms with Crippen molar-refractivity contribution < 1.29 is 69.0 Å². The Bertz CT molecular complexity index is 1850. The van der Waals surface area contributed by atoms with Crippen molar-refractivity contribution in [2.45, 2.75) is 30.7 Å². The lowest BCUT2D eigenvalue weighted by molar-refractivity contribution is -0.278. The fraction of sp³-hybridized carbons (Fsp3) is 0.226. The number of phenols is 5. The normalized spacial score (nSPS) is 21.3. The van der Waals surface area contributed by atoms with Crippen molar-refractivity contribution in [3.8, 4) is 51.6 Å². The van der Waals surface area contributed by atoms with Gasteiger partial charge in [-0.15, -0.1) is 0 Å². The van der Waals surface area contributed by atoms with Crippen LogP contribution in [0.5, 0.6) is 40.2 Å². The van der Waals surface area contributed by atoms with Crippen molar-refractivity contribution >= 4 is 23.0 Å². The molecule has 5 atom stereocenters. The molecule has 1 aliphatic heterocycles. The van der Waals surface area contributed by atoms with Crippen LogP contribution < -0.4 is 14.9 Å². The number of fused-ring (bicyclic) bond motifs is 1. The standard InChI is InChI=1S/C31H28O15/c1-42-19-11-18(35)22-25(39)30(28(45-29(22)24(19)38)14-5-8-16(33)17(34)10-14)46-31-27(41)26(40)23(37)20(44-31)12-43-21(36)9-4-13-2-6-15(32)7-3-13/h2-11,20,23,26-27,31-35,37-38,40-41H,12H2,1H3/b9-4+/t20-,23-,26+,27-,31+/m1/s1. The Hall–Kier alpha value is -5.48. The molecule has 1 aromatic heterocycles. The summed E-state index contributed by atoms with van der Waals surface area (Å²) in [5.41, 5.74) is -1.15. The molecule has 0 bridgehead atoms. The number of aliphatic hydroxyl groups excluding tert-OH is 3. The summed E-state index contributed by atoms with van der Waals surface area (Å²) < 4.78 is 27.2. The summed E-state index contributed by atoms with van der Waals surface area (Å²) in [6, 6.07) is 10.1. The number of ether oxygens (including phenoxy) is 4. The van der Waals surface area contributed by atoms with Crippen LogP contribution in [-0.2, 0) is 14.3 Å². The minimum Gasteiger partial charge on any atom is -0.508 e. The number of hydrogen-bond acceptors (Lipinski definition) is 15. The monoisotopic (exact) mass is 640 g/mol. The highest BCUT2D eigenvalue weighted by molar-refractivity contribution is 5.93. The third-order valence-corrected chi connectivity index (χ3v) is 7.10. The molecular formula is C31H28O15. The second-order valence-electron chi connectivity index (χ2n) is 10.1. The lowest BCUT2D eigenvalue weighted by Crippen LogP contribution is -2.60. The Balaban J connectivity index is 1.47. The van der Waals surface area contributed by atoms with Crippen LogP contribution in [0.2, 0.25) is 0 Å². The molecular weight excluding hydrogens is 612 g/mol. The number of carbonyl (C=O) groups excluding carboxylic acids is 1. The number of benzene rings is 3. The van der Waals surface area contributed by atoms with Gasteiger partial charge in [0.2, 0.25) is 23.2 Å². The molecule has 0 amide bonds. The van der Waals surface area contributed by atoms with Crippen LogP contribution in [-0.4, -0.2) is 91.2 Å². The fourth-order valence-corrected chi connectivity index (χ4v) is 4.64. The van der Waals surface area contributed by atoms with Gasteiger partial charge in [0.15, 0.2) is 28.6 Å². The molecule has 0 saturated carbocycles. The number of aromatic hydroxyl groups is 5. The van der Waals surface area contributed by atoms with E-state index in [9.17, 15) is 50.4 Å². The maximum atomic E-state index is 13.7. The van der Waals surface area contributed by atoms with E-state index in [-0.39, 0.29) is 17.1 Å². The zero-order valence-electron chi connectivity index (χ0n) is 23.8. The van der Waals surface area contributed by atoms with Crippen molar-refractivity contribution in [2.75, 3.05) is 13.7 Å². The van der Waals surface area contributed by atoms with Crippen LogP contribution in [0, 0.1) is 0 Å². The van der Waals surface area contributed by atoms with Crippen molar-refractivity contribution in [3.05, 3.63) is 70.4 Å². The van der Waals surface area contributed by atoms with Gasteiger partial charge >= 0.3 is 5.97 Å². The molecule has 3 aromatic carbocycles. The highest BCUT2D eigenvalue weighted by Gasteiger charge is 2.46. The first-order valence-corrected chi connectivity index (χ1v) is 13.5. The van der Waals surface area contributed by atoms with Crippen molar-refractivity contribution in [1.29, 1.82) is 0 Å². The number of carbonyl (C=O) groups is 1. The predicted octanol–water partition coefficient (Wildman–Crippen LogP) is 1.44. The van der Waals surface area contributed by atoms with Crippen molar-refractivity contribution in [3.63, 3.8) is 0 Å². The summed E-state index contributed by atoms with van der Waals surface area (Å²) in [6.07, 6.45) is -6.61. The zero-order valence-corrected chi connectivity index (χ0v) is 23.8. The number of aliphatic hydroxyl groups is 3. The van der Waals surface area contributed by atoms with Crippen LogP contribution in [0.25, 0.3) is 28.4 Å². The molecule has 15 nitrogen and oxygen atoms in total. The molecule has 0 radical (unpaired) electrons. The summed E-state index contributed by atoms with van der Waals surface area (Å²) in [5.74, 6) is -4.80. The molecule has 0 spiro atoms. The van der Waals surface area contributed by atoms with E-state index < -0.39 is 94.2 Å². The molecule has 2 heterocycles. The van der Waals surface area contributed by atoms with Crippen LogP contribution in [0.1, 0.15) is 5.56 Å². The Morgan fingerprint density at radius 1 is 0.891 bits per heavy atom. The second-order valence-corrected chi connectivity index (χ2v) is 10.1. The van der Waals surface area contributed by atoms with E-state index >= 15 is 0 Å². The smallest absolute Gasteiger partial charge is 0.330 e. The minimum atomic E-state index is -1.98. The van der Waals surface area contributed by atoms with Crippen LogP contribution in [0.15, 0.2) is 63.8 Å². The van der Waals surface area contributed by atoms with Gasteiger partial charge in [-0.25, -0.2) is 4.79 Å². The van der Waals surface area contributed by atoms with E-state index in [1.807, 2.05) is 0 Å². The van der Waals surface area contributed by atoms with Crippen molar-refractivity contribution in [1.82, 2.24) is 0 Å². The van der Waals surface area contributed by atoms with E-state index in [1.54, 1.807) is 12.1 Å². The molecule has 1 saturated heterocycles. The molecule has 0 unspecified atom stereocenters. The summed E-state index contributed by atoms with van der Waals surface area (Å²) in [7, 11) is 1.19. The third-order valence-electron chi connectivity index (χ3n) is 7.10. The maximum absolute atomic E-state index is 13.7. The van der Waals surface area contributed by atoms with Gasteiger partial charge in [-0.2, -0.15) is 0 Å². The molecule has 46 heavy (non-hydrogen) atoms. The van der Waals surface area contributed by atoms with Crippen LogP contribution >= 0.6 is 0 Å². The van der Waals surface area contributed by atoms with Crippen molar-refractivity contribution in [2.24, 2.45) is 0 Å². The highest BCUT2D eigenvalue weighted by Crippen LogP contribution is 2.44. The summed E-state index contributed by atoms with van der Waals surface area (Å²) in [5, 5.41) is 81.7. The van der Waals surface area contributed by atoms with E-state index in [4.69, 9.17) is 23.4 Å². The number of esters is 1. The Kier molecular flexibility index (Phi) is 8.93. The summed E-state index contributed by atoms with van der Waals surface area (Å²) >= 11 is 0. The first kappa shape index (κ1) is 31.9. The third kappa shape index (κ3) is 6.20. The number of hydrogen-bond donors (Lipinski definition) is 8. The van der Waals surface area contributed by atoms with E-state index in [2.05, 4.69) is 0 Å². The number of methoxy groups -OCH3 is 1. The van der Waals surface area contributed by atoms with Gasteiger partial charge in [-0.1, -0.05) is 12.1 Å². The Morgan fingerprint density at radius 3 is 2.28 bits per heavy atom. The highest BCUT2D eigenvalue weighted by atomic mass is 16.7. The molecule has 15 heteroatoms. The number of phenolic OH excluding ortho intramolecular Hbond substituents is 5. The number of rotatable bonds is 8. The minimum absolute atomic E-state index is 0.0330. The van der Waals surface area contributed by atoms with Crippen LogP contribution in [0.4, 0.5) is 0 Å². The lowest BCUT2D eigenvalue weighted by Gasteiger charge is -2.39. The van der Waals surface area contributed by atoms with Gasteiger partial charge in [0.05, 0.1) is 7.11 Å². The first-order valence-electron chi connectivity index (χ1n) is 13.5. The quantitative estimate of drug-likeness (QED) is 0.0588. The van der Waals surface area contributed by atoms with Gasteiger partial charge in [-0.3, -0.25) is 4.79 Å². The zero-order chi connectivity index (χ0) is 33.3. The van der Waals surface area contributed by atoms with E-state index in [0.29, 0.717) is 5.56 Å². The molecule has 4 aromatic rings. The Labute approximate surface area is 258 Å². The second kappa shape index (κ2) is 12.9. The Morgan fingerprint density at radius 2 is 1.61 bits per heavy atom. The maximum Gasteiger partial charge on any atom is 0.330 e. The van der Waals surface area contributed by atoms with Gasteiger partial charge in [0, 0.05) is 17.7 Å². The average Bonchev–Trinajstić information content (AvgIpc) is 3.04. The molecule has 242 valence electrons. The topological polar surface area (TPSA) is 246 Å². The summed E-state index contributed by atoms with van der Waals surface area (Å²) in [6.45, 7) is -0.636. The molecule has 0 aliphatic carbocycles. The predicted molar refractivity (Wildman–Crippen MR) is 157 cm³/mol. The lowest BCUT2D eigenvalue weighted by atomic mass is 9.99. The van der Waals surface area contributed by atoms with E-state index in [1.165, 1.54) is 31.4 Å². The van der Waals surface area contributed by atoms with Gasteiger partial charge < -0.3 is 64.2 Å². The molecule has 1 fully saturated rings. The fourth-order valence-electron chi connectivity index (χ4n) is 4.64. The van der Waals surface area contributed by atoms with E-state index in [0.717, 1.165) is 24.3 Å². The molecule has 1 aliphatic rings. The SMILES string of the molecule is COc1cc(O)c2c(=O)c(O[C@@H]3O[C@H](COC(=O)/C=C/c4ccc(O)cc4)[C@@H](O)[C@H](O)[C@H]3O)c(-c3ccc(O)c(O)c3)oc2c1O. The average molecular weight is 641 g/mol. The van der Waals surface area contributed by atoms with Gasteiger partial charge in [0.25, 0.3) is 0 Å². The van der Waals surface area contributed by atoms with Crippen LogP contribution in [0.3, 0.4) is 0 Å². The summed E-state index contributed by atoms with van der Waals surface area (Å²) in [4.78, 5) is 26.0. The van der Waals surface area contributed by atoms with Gasteiger partial charge in [0.1, 0.15) is 47.9 Å². The van der Waals surface area contributed by atoms with Gasteiger partial charge in [-0.05, 0) is 42.0 Å². The largest absolute Gasteiger partial charge is 0.508 e.